The topological polar surface area (TPSA) is 69.9 Å². The summed E-state index contributed by atoms with van der Waals surface area (Å²) in [4.78, 5) is 0. The molecule has 0 unspecified atom stereocenters. The Balaban J connectivity index is 4.65. The zero-order valence-electron chi connectivity index (χ0n) is 17.4. The Bertz CT molecular complexity index is 349. The van der Waals surface area contributed by atoms with Gasteiger partial charge in [0.05, 0.1) is 18.3 Å². The molecule has 150 valence electrons. The molecule has 0 saturated heterocycles. The van der Waals surface area contributed by atoms with Crippen LogP contribution in [0.1, 0.15) is 67.7 Å². The van der Waals surface area contributed by atoms with Gasteiger partial charge in [0, 0.05) is 12.5 Å². The maximum Gasteiger partial charge on any atom is 0.200 e. The van der Waals surface area contributed by atoms with Crippen molar-refractivity contribution in [1.82, 2.24) is 0 Å². The number of aliphatic hydroxyl groups excluding tert-OH is 3. The standard InChI is InChI=1S/C20H42O4Si/c1-9-10-18(21)13-20(23)17(8)19(22)11-12-24-25(14(2)3,15(4)5)16(6)7/h9,14-23H,1,10-13H2,2-8H3/t17-,18+,19-,20+/m0/s1. The van der Waals surface area contributed by atoms with E-state index in [1.807, 2.05) is 6.92 Å². The first-order chi connectivity index (χ1) is 11.5. The summed E-state index contributed by atoms with van der Waals surface area (Å²) in [6, 6.07) is 0. The van der Waals surface area contributed by atoms with Crippen molar-refractivity contribution in [3.05, 3.63) is 12.7 Å². The maximum atomic E-state index is 10.4. The van der Waals surface area contributed by atoms with E-state index in [-0.39, 0.29) is 12.3 Å². The molecule has 0 aliphatic carbocycles. The molecule has 4 atom stereocenters. The second-order valence-corrected chi connectivity index (χ2v) is 13.8. The number of hydrogen-bond acceptors (Lipinski definition) is 4. The van der Waals surface area contributed by atoms with Crippen LogP contribution in [0.5, 0.6) is 0 Å². The molecule has 0 saturated carbocycles. The third-order valence-corrected chi connectivity index (χ3v) is 11.8. The largest absolute Gasteiger partial charge is 0.416 e. The predicted molar refractivity (Wildman–Crippen MR) is 108 cm³/mol. The van der Waals surface area contributed by atoms with Gasteiger partial charge in [-0.15, -0.1) is 6.58 Å². The molecule has 0 amide bonds. The molecule has 25 heavy (non-hydrogen) atoms. The fourth-order valence-electron chi connectivity index (χ4n) is 4.16. The highest BCUT2D eigenvalue weighted by Gasteiger charge is 2.45. The highest BCUT2D eigenvalue weighted by Crippen LogP contribution is 2.42. The Kier molecular flexibility index (Phi) is 11.4. The Hall–Kier alpha value is -0.203. The Labute approximate surface area is 156 Å². The molecule has 0 aromatic heterocycles. The average molecular weight is 375 g/mol. The van der Waals surface area contributed by atoms with E-state index in [9.17, 15) is 15.3 Å². The van der Waals surface area contributed by atoms with Crippen LogP contribution >= 0.6 is 0 Å². The smallest absolute Gasteiger partial charge is 0.200 e. The van der Waals surface area contributed by atoms with E-state index in [4.69, 9.17) is 4.43 Å². The Morgan fingerprint density at radius 1 is 0.880 bits per heavy atom. The molecule has 0 spiro atoms. The van der Waals surface area contributed by atoms with Crippen LogP contribution in [-0.4, -0.2) is 48.6 Å². The number of aliphatic hydroxyl groups is 3. The van der Waals surface area contributed by atoms with Crippen molar-refractivity contribution < 1.29 is 19.7 Å². The van der Waals surface area contributed by atoms with Crippen LogP contribution in [0, 0.1) is 5.92 Å². The van der Waals surface area contributed by atoms with Gasteiger partial charge in [0.1, 0.15) is 0 Å². The summed E-state index contributed by atoms with van der Waals surface area (Å²) < 4.78 is 6.47. The number of rotatable bonds is 13. The highest BCUT2D eigenvalue weighted by atomic mass is 28.4. The van der Waals surface area contributed by atoms with Gasteiger partial charge in [0.15, 0.2) is 8.32 Å². The lowest BCUT2D eigenvalue weighted by atomic mass is 9.92. The van der Waals surface area contributed by atoms with Gasteiger partial charge in [0.25, 0.3) is 0 Å². The van der Waals surface area contributed by atoms with Crippen molar-refractivity contribution in [2.45, 2.75) is 103 Å². The lowest BCUT2D eigenvalue weighted by Gasteiger charge is -2.42. The summed E-state index contributed by atoms with van der Waals surface area (Å²) in [7, 11) is -1.92. The van der Waals surface area contributed by atoms with Gasteiger partial charge in [-0.3, -0.25) is 0 Å². The third kappa shape index (κ3) is 7.14. The molecule has 0 fully saturated rings. The summed E-state index contributed by atoms with van der Waals surface area (Å²) in [6.07, 6.45) is 0.886. The van der Waals surface area contributed by atoms with E-state index in [0.717, 1.165) is 0 Å². The van der Waals surface area contributed by atoms with Gasteiger partial charge < -0.3 is 19.7 Å². The summed E-state index contributed by atoms with van der Waals surface area (Å²) in [5, 5.41) is 30.4. The quantitative estimate of drug-likeness (QED) is 0.333. The van der Waals surface area contributed by atoms with Crippen molar-refractivity contribution in [3.63, 3.8) is 0 Å². The normalized spacial score (nSPS) is 17.8. The van der Waals surface area contributed by atoms with Gasteiger partial charge in [0.2, 0.25) is 0 Å². The van der Waals surface area contributed by atoms with Crippen molar-refractivity contribution in [2.75, 3.05) is 6.61 Å². The average Bonchev–Trinajstić information content (AvgIpc) is 2.49. The first-order valence-corrected chi connectivity index (χ1v) is 11.9. The fraction of sp³-hybridized carbons (Fsp3) is 0.900. The second-order valence-electron chi connectivity index (χ2n) is 8.36. The van der Waals surface area contributed by atoms with E-state index in [0.29, 0.717) is 36.1 Å². The molecule has 0 rings (SSSR count). The van der Waals surface area contributed by atoms with Crippen molar-refractivity contribution in [2.24, 2.45) is 5.92 Å². The zero-order valence-corrected chi connectivity index (χ0v) is 18.4. The molecule has 0 radical (unpaired) electrons. The van der Waals surface area contributed by atoms with Gasteiger partial charge in [-0.1, -0.05) is 54.5 Å². The second kappa shape index (κ2) is 11.5. The van der Waals surface area contributed by atoms with Gasteiger partial charge in [-0.2, -0.15) is 0 Å². The summed E-state index contributed by atoms with van der Waals surface area (Å²) in [5.41, 5.74) is 1.55. The highest BCUT2D eigenvalue weighted by molar-refractivity contribution is 6.77. The minimum absolute atomic E-state index is 0.258. The van der Waals surface area contributed by atoms with Crippen molar-refractivity contribution in [3.8, 4) is 0 Å². The molecule has 0 aliphatic heterocycles. The van der Waals surface area contributed by atoms with Crippen LogP contribution in [0.4, 0.5) is 0 Å². The Morgan fingerprint density at radius 3 is 1.76 bits per heavy atom. The van der Waals surface area contributed by atoms with E-state index in [1.54, 1.807) is 6.08 Å². The zero-order chi connectivity index (χ0) is 19.8. The van der Waals surface area contributed by atoms with Crippen LogP contribution in [-0.2, 0) is 4.43 Å². The minimum atomic E-state index is -1.92. The molecule has 5 heteroatoms. The molecular weight excluding hydrogens is 332 g/mol. The molecular formula is C20H42O4Si. The first kappa shape index (κ1) is 24.8. The first-order valence-electron chi connectivity index (χ1n) is 9.79. The third-order valence-electron chi connectivity index (χ3n) is 5.64. The van der Waals surface area contributed by atoms with E-state index >= 15 is 0 Å². The van der Waals surface area contributed by atoms with Gasteiger partial charge in [-0.25, -0.2) is 0 Å². The Morgan fingerprint density at radius 2 is 1.36 bits per heavy atom. The summed E-state index contributed by atoms with van der Waals surface area (Å²) >= 11 is 0. The van der Waals surface area contributed by atoms with Gasteiger partial charge in [-0.05, 0) is 35.9 Å². The van der Waals surface area contributed by atoms with E-state index in [1.165, 1.54) is 0 Å². The monoisotopic (exact) mass is 374 g/mol. The van der Waals surface area contributed by atoms with Crippen LogP contribution in [0.2, 0.25) is 16.6 Å². The summed E-state index contributed by atoms with van der Waals surface area (Å²) in [5.74, 6) is -0.295. The molecule has 3 N–H and O–H groups in total. The molecule has 0 aromatic carbocycles. The molecule has 0 aliphatic rings. The summed E-state index contributed by atoms with van der Waals surface area (Å²) in [6.45, 7) is 19.4. The lowest BCUT2D eigenvalue weighted by Crippen LogP contribution is -2.48. The predicted octanol–water partition coefficient (Wildman–Crippen LogP) is 4.25. The van der Waals surface area contributed by atoms with Crippen LogP contribution in [0.25, 0.3) is 0 Å². The van der Waals surface area contributed by atoms with Crippen LogP contribution in [0.15, 0.2) is 12.7 Å². The molecule has 0 aromatic rings. The SMILES string of the molecule is C=CC[C@@H](O)C[C@@H](O)[C@@H](C)[C@@H](O)CCO[Si](C(C)C)(C(C)C)C(C)C. The maximum absolute atomic E-state index is 10.4. The molecule has 0 heterocycles. The molecule has 4 nitrogen and oxygen atoms in total. The van der Waals surface area contributed by atoms with Gasteiger partial charge >= 0.3 is 0 Å². The molecule has 0 bridgehead atoms. The van der Waals surface area contributed by atoms with Crippen LogP contribution in [0.3, 0.4) is 0 Å². The lowest BCUT2D eigenvalue weighted by molar-refractivity contribution is -0.0127. The fourth-order valence-corrected chi connectivity index (χ4v) is 9.63. The van der Waals surface area contributed by atoms with Crippen molar-refractivity contribution >= 4 is 8.32 Å². The van der Waals surface area contributed by atoms with E-state index in [2.05, 4.69) is 48.1 Å². The minimum Gasteiger partial charge on any atom is -0.416 e. The number of hydrogen-bond donors (Lipinski definition) is 3. The van der Waals surface area contributed by atoms with E-state index < -0.39 is 26.6 Å². The van der Waals surface area contributed by atoms with Crippen LogP contribution < -0.4 is 0 Å². The van der Waals surface area contributed by atoms with Crippen molar-refractivity contribution in [1.29, 1.82) is 0 Å².